The molecule has 1 aromatic heterocycles. The predicted octanol–water partition coefficient (Wildman–Crippen LogP) is 1.02. The van der Waals surface area contributed by atoms with Crippen molar-refractivity contribution in [3.63, 3.8) is 0 Å². The van der Waals surface area contributed by atoms with Crippen molar-refractivity contribution in [2.24, 2.45) is 10.5 Å². The number of Topliss-reactive ketones (excluding diaryl/α,β-unsaturated/α-hetero) is 1. The van der Waals surface area contributed by atoms with Crippen molar-refractivity contribution in [2.45, 2.75) is 27.3 Å². The van der Waals surface area contributed by atoms with Crippen molar-refractivity contribution < 1.29 is 31.1 Å². The molecule has 7 heteroatoms. The third kappa shape index (κ3) is 6.07. The van der Waals surface area contributed by atoms with Crippen molar-refractivity contribution in [2.75, 3.05) is 26.1 Å². The fourth-order valence-corrected chi connectivity index (χ4v) is 3.08. The van der Waals surface area contributed by atoms with Gasteiger partial charge in [0.2, 0.25) is 0 Å². The fraction of sp³-hybridized carbons (Fsp3) is 0.320. The van der Waals surface area contributed by atoms with Gasteiger partial charge in [-0.3, -0.25) is 4.79 Å². The van der Waals surface area contributed by atoms with Crippen molar-refractivity contribution in [3.8, 4) is 17.1 Å². The number of imidazole rings is 1. The molecule has 0 radical (unpaired) electrons. The van der Waals surface area contributed by atoms with E-state index in [1.807, 2.05) is 94.4 Å². The van der Waals surface area contributed by atoms with Crippen LogP contribution in [0.15, 0.2) is 66.0 Å². The zero-order valence-corrected chi connectivity index (χ0v) is 21.1. The number of methoxy groups -OCH3 is 1. The molecule has 3 rings (SSSR count). The average molecular weight is 499 g/mol. The van der Waals surface area contributed by atoms with Gasteiger partial charge in [-0.15, -0.1) is 4.68 Å². The van der Waals surface area contributed by atoms with E-state index in [0.29, 0.717) is 0 Å². The van der Waals surface area contributed by atoms with E-state index >= 15 is 0 Å². The zero-order valence-electron chi connectivity index (χ0n) is 19.5. The molecule has 0 fully saturated rings. The Bertz CT molecular complexity index is 1080. The molecule has 0 saturated carbocycles. The lowest BCUT2D eigenvalue weighted by atomic mass is 9.91. The first-order valence-corrected chi connectivity index (χ1v) is 10.3. The summed E-state index contributed by atoms with van der Waals surface area (Å²) in [4.78, 5) is 14.8. The second-order valence-electron chi connectivity index (χ2n) is 8.73. The second-order valence-corrected chi connectivity index (χ2v) is 8.73. The number of ketones is 1. The Morgan fingerprint density at radius 2 is 1.84 bits per heavy atom. The van der Waals surface area contributed by atoms with E-state index in [1.54, 1.807) is 11.8 Å². The van der Waals surface area contributed by atoms with Crippen molar-refractivity contribution >= 4 is 17.7 Å². The number of aromatic nitrogens is 2. The van der Waals surface area contributed by atoms with E-state index in [-0.39, 0.29) is 29.3 Å². The third-order valence-electron chi connectivity index (χ3n) is 5.10. The van der Waals surface area contributed by atoms with E-state index in [9.17, 15) is 4.79 Å². The highest BCUT2D eigenvalue weighted by Gasteiger charge is 2.27. The first-order chi connectivity index (χ1) is 14.7. The monoisotopic (exact) mass is 498 g/mol. The minimum absolute atomic E-state index is 0. The molecule has 0 aliphatic rings. The van der Waals surface area contributed by atoms with Crippen LogP contribution in [0.25, 0.3) is 11.4 Å². The van der Waals surface area contributed by atoms with E-state index < -0.39 is 5.41 Å². The Hall–Kier alpha value is -2.93. The van der Waals surface area contributed by atoms with Crippen LogP contribution in [0.1, 0.15) is 26.3 Å². The highest BCUT2D eigenvalue weighted by Crippen LogP contribution is 2.23. The van der Waals surface area contributed by atoms with Crippen LogP contribution in [0.4, 0.5) is 5.69 Å². The van der Waals surface area contributed by atoms with Gasteiger partial charge in [-0.25, -0.2) is 4.57 Å². The standard InChI is InChI=1S/C25H31N4O2.BrH/c1-25(2,3)23(30)18-28-14-15-29(24(28)20-8-7-9-22(16-20)31-6)26-17-19-10-12-21(13-11-19)27(4)5;/h7-17H,18H2,1-6H3;1H/q+1;/p-1. The summed E-state index contributed by atoms with van der Waals surface area (Å²) in [7, 11) is 5.67. The van der Waals surface area contributed by atoms with Crippen LogP contribution in [0.5, 0.6) is 5.75 Å². The van der Waals surface area contributed by atoms with Gasteiger partial charge < -0.3 is 26.6 Å². The molecular formula is C25H31BrN4O2. The molecule has 0 amide bonds. The minimum Gasteiger partial charge on any atom is -1.00 e. The lowest BCUT2D eigenvalue weighted by molar-refractivity contribution is -0.673. The van der Waals surface area contributed by atoms with Gasteiger partial charge in [0.1, 0.15) is 18.5 Å². The van der Waals surface area contributed by atoms with Gasteiger partial charge in [-0.2, -0.15) is 0 Å². The van der Waals surface area contributed by atoms with Crippen molar-refractivity contribution in [1.82, 2.24) is 4.68 Å². The summed E-state index contributed by atoms with van der Waals surface area (Å²) in [5.41, 5.74) is 2.63. The summed E-state index contributed by atoms with van der Waals surface area (Å²) in [6, 6.07) is 16.0. The van der Waals surface area contributed by atoms with Crippen LogP contribution in [0.3, 0.4) is 0 Å². The van der Waals surface area contributed by atoms with Crippen LogP contribution >= 0.6 is 0 Å². The Kier molecular flexibility index (Phi) is 8.38. The van der Waals surface area contributed by atoms with E-state index in [4.69, 9.17) is 4.74 Å². The number of halogens is 1. The maximum Gasteiger partial charge on any atom is 0.314 e. The molecule has 0 aliphatic carbocycles. The SMILES string of the molecule is COc1cccc(-c2n(N=Cc3ccc(N(C)C)cc3)cc[n+]2CC(=O)C(C)(C)C)c1.[Br-]. The van der Waals surface area contributed by atoms with Gasteiger partial charge in [-0.05, 0) is 35.9 Å². The number of benzene rings is 2. The highest BCUT2D eigenvalue weighted by atomic mass is 79.9. The van der Waals surface area contributed by atoms with Gasteiger partial charge in [0.25, 0.3) is 0 Å². The average Bonchev–Trinajstić information content (AvgIpc) is 3.14. The molecular weight excluding hydrogens is 468 g/mol. The number of hydrogen-bond acceptors (Lipinski definition) is 4. The topological polar surface area (TPSA) is 50.7 Å². The van der Waals surface area contributed by atoms with Crippen molar-refractivity contribution in [3.05, 3.63) is 66.5 Å². The Balaban J connectivity index is 0.00000363. The molecule has 170 valence electrons. The smallest absolute Gasteiger partial charge is 0.314 e. The summed E-state index contributed by atoms with van der Waals surface area (Å²) in [6.07, 6.45) is 5.58. The Morgan fingerprint density at radius 3 is 2.44 bits per heavy atom. The molecule has 0 spiro atoms. The number of nitrogens with zero attached hydrogens (tertiary/aromatic N) is 4. The maximum atomic E-state index is 12.7. The molecule has 0 unspecified atom stereocenters. The molecule has 0 atom stereocenters. The summed E-state index contributed by atoms with van der Waals surface area (Å²) in [5.74, 6) is 1.72. The number of carbonyl (C=O) groups excluding carboxylic acids is 1. The molecule has 6 nitrogen and oxygen atoms in total. The lowest BCUT2D eigenvalue weighted by Gasteiger charge is -2.15. The first kappa shape index (κ1) is 25.3. The highest BCUT2D eigenvalue weighted by molar-refractivity contribution is 5.82. The van der Waals surface area contributed by atoms with E-state index in [1.165, 1.54) is 0 Å². The number of anilines is 1. The largest absolute Gasteiger partial charge is 1.00 e. The van der Waals surface area contributed by atoms with Gasteiger partial charge in [0.05, 0.1) is 18.9 Å². The van der Waals surface area contributed by atoms with Crippen LogP contribution in [-0.4, -0.2) is 37.9 Å². The van der Waals surface area contributed by atoms with Gasteiger partial charge >= 0.3 is 5.82 Å². The van der Waals surface area contributed by atoms with Crippen LogP contribution in [0, 0.1) is 5.41 Å². The van der Waals surface area contributed by atoms with Gasteiger partial charge in [0.15, 0.2) is 12.0 Å². The molecule has 3 aromatic rings. The lowest BCUT2D eigenvalue weighted by Crippen LogP contribution is -3.00. The number of ether oxygens (including phenoxy) is 1. The predicted molar refractivity (Wildman–Crippen MR) is 125 cm³/mol. The number of hydrogen-bond donors (Lipinski definition) is 0. The fourth-order valence-electron chi connectivity index (χ4n) is 3.08. The summed E-state index contributed by atoms with van der Waals surface area (Å²) in [5, 5.41) is 4.68. The molecule has 0 saturated heterocycles. The Labute approximate surface area is 200 Å². The zero-order chi connectivity index (χ0) is 22.6. The van der Waals surface area contributed by atoms with Crippen LogP contribution in [-0.2, 0) is 11.3 Å². The van der Waals surface area contributed by atoms with Gasteiger partial charge in [-0.1, -0.05) is 44.1 Å². The normalized spacial score (nSPS) is 11.3. The van der Waals surface area contributed by atoms with Crippen LogP contribution in [0.2, 0.25) is 0 Å². The third-order valence-corrected chi connectivity index (χ3v) is 5.10. The van der Waals surface area contributed by atoms with E-state index in [2.05, 4.69) is 22.1 Å². The van der Waals surface area contributed by atoms with Crippen molar-refractivity contribution in [1.29, 1.82) is 0 Å². The minimum atomic E-state index is -0.418. The second kappa shape index (κ2) is 10.6. The number of carbonyl (C=O) groups is 1. The molecule has 32 heavy (non-hydrogen) atoms. The number of rotatable bonds is 7. The van der Waals surface area contributed by atoms with Gasteiger partial charge in [0, 0.05) is 25.2 Å². The summed E-state index contributed by atoms with van der Waals surface area (Å²) < 4.78 is 9.14. The quantitative estimate of drug-likeness (QED) is 0.361. The first-order valence-electron chi connectivity index (χ1n) is 10.3. The molecule has 0 N–H and O–H groups in total. The van der Waals surface area contributed by atoms with E-state index in [0.717, 1.165) is 28.4 Å². The summed E-state index contributed by atoms with van der Waals surface area (Å²) in [6.45, 7) is 6.09. The molecule has 0 bridgehead atoms. The maximum absolute atomic E-state index is 12.7. The molecule has 0 aliphatic heterocycles. The Morgan fingerprint density at radius 1 is 1.16 bits per heavy atom. The molecule has 1 heterocycles. The molecule has 2 aromatic carbocycles. The van der Waals surface area contributed by atoms with Crippen LogP contribution < -0.4 is 31.2 Å². The summed E-state index contributed by atoms with van der Waals surface area (Å²) >= 11 is 0.